The van der Waals surface area contributed by atoms with Gasteiger partial charge in [-0.05, 0) is 12.1 Å². The molecule has 2 aromatic rings. The van der Waals surface area contributed by atoms with Gasteiger partial charge >= 0.3 is 0 Å². The van der Waals surface area contributed by atoms with Gasteiger partial charge in [-0.1, -0.05) is 0 Å². The molecule has 1 heterocycles. The van der Waals surface area contributed by atoms with Gasteiger partial charge in [0.2, 0.25) is 11.9 Å². The van der Waals surface area contributed by atoms with Gasteiger partial charge in [-0.25, -0.2) is 0 Å². The fourth-order valence-electron chi connectivity index (χ4n) is 1.68. The van der Waals surface area contributed by atoms with Crippen molar-refractivity contribution < 1.29 is 9.47 Å². The molecule has 2 N–H and O–H groups in total. The average Bonchev–Trinajstić information content (AvgIpc) is 2.45. The highest BCUT2D eigenvalue weighted by molar-refractivity contribution is 5.67. The molecule has 0 radical (unpaired) electrons. The van der Waals surface area contributed by atoms with Crippen LogP contribution < -0.4 is 20.1 Å². The van der Waals surface area contributed by atoms with Crippen LogP contribution in [0.5, 0.6) is 11.5 Å². The van der Waals surface area contributed by atoms with Gasteiger partial charge in [-0.3, -0.25) is 0 Å². The number of anilines is 2. The van der Waals surface area contributed by atoms with Gasteiger partial charge < -0.3 is 20.1 Å². The molecular weight excluding hydrogens is 258 g/mol. The van der Waals surface area contributed by atoms with Crippen molar-refractivity contribution in [1.82, 2.24) is 15.0 Å². The van der Waals surface area contributed by atoms with Crippen LogP contribution in [0, 0.1) is 0 Å². The molecule has 7 nitrogen and oxygen atoms in total. The van der Waals surface area contributed by atoms with Gasteiger partial charge in [-0.2, -0.15) is 15.0 Å². The van der Waals surface area contributed by atoms with Gasteiger partial charge in [0.05, 0.1) is 19.8 Å². The van der Waals surface area contributed by atoms with E-state index in [1.807, 2.05) is 26.2 Å². The summed E-state index contributed by atoms with van der Waals surface area (Å²) in [7, 11) is 6.85. The molecule has 2 rings (SSSR count). The molecular formula is C13H17N5O2. The van der Waals surface area contributed by atoms with Crippen molar-refractivity contribution in [3.63, 3.8) is 0 Å². The number of aromatic nitrogens is 3. The van der Waals surface area contributed by atoms with Gasteiger partial charge in [0.15, 0.2) is 5.82 Å². The van der Waals surface area contributed by atoms with Crippen molar-refractivity contribution in [2.24, 2.45) is 0 Å². The molecule has 0 aliphatic rings. The lowest BCUT2D eigenvalue weighted by Gasteiger charge is -2.13. The first kappa shape index (κ1) is 13.9. The summed E-state index contributed by atoms with van der Waals surface area (Å²) < 4.78 is 10.5. The molecule has 106 valence electrons. The smallest absolute Gasteiger partial charge is 0.230 e. The standard InChI is InChI=1S/C13H17N5O2/c1-18(2)13-16-11(15-12(14)17-13)9-6-5-8(19-3)7-10(9)20-4/h5-7H,1-4H3,(H2,14,15,16,17). The van der Waals surface area contributed by atoms with Crippen LogP contribution in [-0.2, 0) is 0 Å². The number of methoxy groups -OCH3 is 2. The highest BCUT2D eigenvalue weighted by atomic mass is 16.5. The van der Waals surface area contributed by atoms with E-state index in [1.54, 1.807) is 25.2 Å². The first-order chi connectivity index (χ1) is 9.55. The number of ether oxygens (including phenoxy) is 2. The normalized spacial score (nSPS) is 10.2. The van der Waals surface area contributed by atoms with Crippen LogP contribution in [0.4, 0.5) is 11.9 Å². The molecule has 7 heteroatoms. The molecule has 0 aliphatic carbocycles. The van der Waals surface area contributed by atoms with Crippen LogP contribution >= 0.6 is 0 Å². The van der Waals surface area contributed by atoms with Crippen molar-refractivity contribution in [3.05, 3.63) is 18.2 Å². The molecule has 0 fully saturated rings. The minimum atomic E-state index is 0.163. The number of hydrogen-bond acceptors (Lipinski definition) is 7. The fourth-order valence-corrected chi connectivity index (χ4v) is 1.68. The van der Waals surface area contributed by atoms with E-state index in [0.717, 1.165) is 5.56 Å². The quantitative estimate of drug-likeness (QED) is 0.897. The van der Waals surface area contributed by atoms with Crippen LogP contribution in [0.25, 0.3) is 11.4 Å². The number of nitrogens with zero attached hydrogens (tertiary/aromatic N) is 4. The van der Waals surface area contributed by atoms with Crippen LogP contribution in [0.1, 0.15) is 0 Å². The Balaban J connectivity index is 2.56. The first-order valence-corrected chi connectivity index (χ1v) is 5.96. The molecule has 1 aromatic heterocycles. The van der Waals surface area contributed by atoms with E-state index in [2.05, 4.69) is 15.0 Å². The molecule has 0 saturated carbocycles. The number of nitrogen functional groups attached to an aromatic ring is 1. The van der Waals surface area contributed by atoms with E-state index in [4.69, 9.17) is 15.2 Å². The molecule has 0 amide bonds. The largest absolute Gasteiger partial charge is 0.497 e. The number of rotatable bonds is 4. The highest BCUT2D eigenvalue weighted by Crippen LogP contribution is 2.31. The van der Waals surface area contributed by atoms with Crippen molar-refractivity contribution in [1.29, 1.82) is 0 Å². The summed E-state index contributed by atoms with van der Waals surface area (Å²) in [5.74, 6) is 2.42. The van der Waals surface area contributed by atoms with E-state index in [0.29, 0.717) is 23.3 Å². The van der Waals surface area contributed by atoms with Crippen LogP contribution in [-0.4, -0.2) is 43.3 Å². The third-order valence-electron chi connectivity index (χ3n) is 2.69. The number of benzene rings is 1. The molecule has 0 aliphatic heterocycles. The molecule has 0 atom stereocenters. The zero-order chi connectivity index (χ0) is 14.7. The maximum absolute atomic E-state index is 5.73. The minimum absolute atomic E-state index is 0.163. The van der Waals surface area contributed by atoms with Crippen molar-refractivity contribution in [2.75, 3.05) is 38.9 Å². The van der Waals surface area contributed by atoms with Gasteiger partial charge in [0.25, 0.3) is 0 Å². The highest BCUT2D eigenvalue weighted by Gasteiger charge is 2.13. The van der Waals surface area contributed by atoms with E-state index >= 15 is 0 Å². The molecule has 0 bridgehead atoms. The van der Waals surface area contributed by atoms with Gasteiger partial charge in [0.1, 0.15) is 11.5 Å². The Morgan fingerprint density at radius 1 is 1.05 bits per heavy atom. The first-order valence-electron chi connectivity index (χ1n) is 5.96. The molecule has 0 spiro atoms. The molecule has 1 aromatic carbocycles. The van der Waals surface area contributed by atoms with E-state index in [9.17, 15) is 0 Å². The summed E-state index contributed by atoms with van der Waals surface area (Å²) in [6, 6.07) is 5.41. The predicted octanol–water partition coefficient (Wildman–Crippen LogP) is 1.20. The molecule has 0 saturated heterocycles. The Kier molecular flexibility index (Phi) is 3.88. The van der Waals surface area contributed by atoms with Gasteiger partial charge in [0, 0.05) is 20.2 Å². The Hall–Kier alpha value is -2.57. The maximum atomic E-state index is 5.73. The summed E-state index contributed by atoms with van der Waals surface area (Å²) in [5.41, 5.74) is 6.46. The SMILES string of the molecule is COc1ccc(-c2nc(N)nc(N(C)C)n2)c(OC)c1. The summed E-state index contributed by atoms with van der Waals surface area (Å²) in [5, 5.41) is 0. The monoisotopic (exact) mass is 275 g/mol. The van der Waals surface area contributed by atoms with E-state index in [1.165, 1.54) is 0 Å². The fraction of sp³-hybridized carbons (Fsp3) is 0.308. The lowest BCUT2D eigenvalue weighted by molar-refractivity contribution is 0.395. The van der Waals surface area contributed by atoms with Crippen molar-refractivity contribution in [3.8, 4) is 22.9 Å². The minimum Gasteiger partial charge on any atom is -0.497 e. The zero-order valence-electron chi connectivity index (χ0n) is 11.9. The Bertz CT molecular complexity index is 616. The molecule has 0 unspecified atom stereocenters. The van der Waals surface area contributed by atoms with Crippen LogP contribution in [0.3, 0.4) is 0 Å². The maximum Gasteiger partial charge on any atom is 0.230 e. The number of nitrogens with two attached hydrogens (primary N) is 1. The topological polar surface area (TPSA) is 86.4 Å². The average molecular weight is 275 g/mol. The van der Waals surface area contributed by atoms with Crippen molar-refractivity contribution in [2.45, 2.75) is 0 Å². The predicted molar refractivity (Wildman–Crippen MR) is 77.1 cm³/mol. The van der Waals surface area contributed by atoms with E-state index in [-0.39, 0.29) is 5.95 Å². The second kappa shape index (κ2) is 5.60. The number of hydrogen-bond donors (Lipinski definition) is 1. The third kappa shape index (κ3) is 2.71. The van der Waals surface area contributed by atoms with E-state index < -0.39 is 0 Å². The summed E-state index contributed by atoms with van der Waals surface area (Å²) >= 11 is 0. The van der Waals surface area contributed by atoms with Crippen LogP contribution in [0.15, 0.2) is 18.2 Å². The Morgan fingerprint density at radius 2 is 1.80 bits per heavy atom. The Labute approximate surface area is 117 Å². The van der Waals surface area contributed by atoms with Crippen LogP contribution in [0.2, 0.25) is 0 Å². The second-order valence-electron chi connectivity index (χ2n) is 4.28. The van der Waals surface area contributed by atoms with Crippen molar-refractivity contribution >= 4 is 11.9 Å². The summed E-state index contributed by atoms with van der Waals surface area (Å²) in [4.78, 5) is 14.4. The zero-order valence-corrected chi connectivity index (χ0v) is 11.9. The summed E-state index contributed by atoms with van der Waals surface area (Å²) in [6.45, 7) is 0. The lowest BCUT2D eigenvalue weighted by Crippen LogP contribution is -2.15. The lowest BCUT2D eigenvalue weighted by atomic mass is 10.2. The second-order valence-corrected chi connectivity index (χ2v) is 4.28. The van der Waals surface area contributed by atoms with Gasteiger partial charge in [-0.15, -0.1) is 0 Å². The molecule has 20 heavy (non-hydrogen) atoms. The Morgan fingerprint density at radius 3 is 2.40 bits per heavy atom. The summed E-state index contributed by atoms with van der Waals surface area (Å²) in [6.07, 6.45) is 0. The third-order valence-corrected chi connectivity index (χ3v) is 2.69.